The summed E-state index contributed by atoms with van der Waals surface area (Å²) in [5.41, 5.74) is 5.56. The van der Waals surface area contributed by atoms with Crippen LogP contribution in [0.4, 0.5) is 23.8 Å². The van der Waals surface area contributed by atoms with Crippen LogP contribution in [0.1, 0.15) is 50.8 Å². The summed E-state index contributed by atoms with van der Waals surface area (Å²) in [4.78, 5) is 18.8. The molecule has 11 heteroatoms. The van der Waals surface area contributed by atoms with Crippen molar-refractivity contribution in [3.8, 4) is 11.3 Å². The van der Waals surface area contributed by atoms with Crippen molar-refractivity contribution < 1.29 is 22.7 Å². The molecule has 35 heavy (non-hydrogen) atoms. The lowest BCUT2D eigenvalue weighted by Gasteiger charge is -2.38. The number of anilines is 1. The fourth-order valence-electron chi connectivity index (χ4n) is 5.78. The third-order valence-corrected chi connectivity index (χ3v) is 7.96. The predicted octanol–water partition coefficient (Wildman–Crippen LogP) is 3.81. The minimum atomic E-state index is -4.59. The molecule has 0 bridgehead atoms. The highest BCUT2D eigenvalue weighted by molar-refractivity contribution is 5.76. The average Bonchev–Trinajstić information content (AvgIpc) is 3.51. The van der Waals surface area contributed by atoms with E-state index in [1.54, 1.807) is 0 Å². The highest BCUT2D eigenvalue weighted by Gasteiger charge is 2.47. The van der Waals surface area contributed by atoms with Gasteiger partial charge in [0.05, 0.1) is 11.3 Å². The number of nitrogens with zero attached hydrogens (tertiary/aromatic N) is 4. The minimum Gasteiger partial charge on any atom is -0.383 e. The molecule has 0 saturated carbocycles. The van der Waals surface area contributed by atoms with Gasteiger partial charge in [0.25, 0.3) is 0 Å². The van der Waals surface area contributed by atoms with Gasteiger partial charge in [-0.1, -0.05) is 0 Å². The van der Waals surface area contributed by atoms with Gasteiger partial charge < -0.3 is 20.7 Å². The molecule has 3 aliphatic rings. The first-order valence-corrected chi connectivity index (χ1v) is 12.0. The van der Waals surface area contributed by atoms with Crippen LogP contribution in [0.2, 0.25) is 0 Å². The Kier molecular flexibility index (Phi) is 5.73. The molecule has 3 N–H and O–H groups in total. The topological polar surface area (TPSA) is 98.3 Å². The van der Waals surface area contributed by atoms with Gasteiger partial charge in [0.15, 0.2) is 0 Å². The number of carbonyl (C=O) groups excluding carboxylic acids is 1. The number of hydrogen-bond acceptors (Lipinski definition) is 5. The first-order chi connectivity index (χ1) is 16.5. The smallest absolute Gasteiger partial charge is 0.383 e. The molecule has 5 heterocycles. The molecule has 2 aromatic heterocycles. The number of aromatic nitrogens is 3. The van der Waals surface area contributed by atoms with Gasteiger partial charge in [-0.25, -0.2) is 9.78 Å². The molecule has 8 nitrogen and oxygen atoms in total. The number of rotatable bonds is 3. The van der Waals surface area contributed by atoms with Crippen molar-refractivity contribution in [1.29, 1.82) is 0 Å². The molecule has 2 saturated heterocycles. The Morgan fingerprint density at radius 1 is 1.20 bits per heavy atom. The summed E-state index contributed by atoms with van der Waals surface area (Å²) in [5, 5.41) is 7.80. The van der Waals surface area contributed by atoms with Crippen molar-refractivity contribution in [2.75, 3.05) is 32.0 Å². The lowest BCUT2D eigenvalue weighted by atomic mass is 9.82. The van der Waals surface area contributed by atoms with Crippen LogP contribution in [-0.4, -0.2) is 57.5 Å². The Balaban J connectivity index is 1.33. The first-order valence-electron chi connectivity index (χ1n) is 12.0. The van der Waals surface area contributed by atoms with Gasteiger partial charge in [0.1, 0.15) is 5.82 Å². The summed E-state index contributed by atoms with van der Waals surface area (Å²) in [6, 6.07) is 2.77. The Hall–Kier alpha value is -2.82. The second kappa shape index (κ2) is 8.39. The molecular formula is C24H31F3N6O2. The van der Waals surface area contributed by atoms with Crippen molar-refractivity contribution in [2.24, 2.45) is 5.92 Å². The number of nitrogen functional groups attached to an aromatic ring is 1. The largest absolute Gasteiger partial charge is 0.419 e. The van der Waals surface area contributed by atoms with E-state index in [1.807, 2.05) is 15.6 Å². The van der Waals surface area contributed by atoms with Crippen molar-refractivity contribution in [1.82, 2.24) is 25.0 Å². The number of nitrogens with one attached hydrogen (secondary N) is 1. The van der Waals surface area contributed by atoms with Crippen molar-refractivity contribution >= 4 is 11.8 Å². The number of fused-ring (bicyclic) bond motifs is 2. The Bertz CT molecular complexity index is 1120. The summed E-state index contributed by atoms with van der Waals surface area (Å²) in [6.07, 6.45) is 0.217. The number of halogens is 3. The number of alkyl halides is 3. The van der Waals surface area contributed by atoms with E-state index in [4.69, 9.17) is 10.5 Å². The van der Waals surface area contributed by atoms with Crippen LogP contribution in [0.5, 0.6) is 0 Å². The van der Waals surface area contributed by atoms with Crippen LogP contribution in [0.25, 0.3) is 11.3 Å². The maximum absolute atomic E-state index is 13.3. The third kappa shape index (κ3) is 4.34. The number of urea groups is 1. The summed E-state index contributed by atoms with van der Waals surface area (Å²) < 4.78 is 47.2. The molecule has 2 fully saturated rings. The lowest BCUT2D eigenvalue weighted by molar-refractivity contribution is -0.137. The summed E-state index contributed by atoms with van der Waals surface area (Å²) in [5.74, 6) is -0.187. The quantitative estimate of drug-likeness (QED) is 0.679. The second-order valence-corrected chi connectivity index (χ2v) is 10.5. The van der Waals surface area contributed by atoms with E-state index in [1.165, 1.54) is 6.20 Å². The molecule has 2 amide bonds. The Morgan fingerprint density at radius 2 is 1.91 bits per heavy atom. The van der Waals surface area contributed by atoms with Crippen molar-refractivity contribution in [3.05, 3.63) is 29.6 Å². The number of amides is 2. The van der Waals surface area contributed by atoms with Gasteiger partial charge in [0, 0.05) is 61.3 Å². The minimum absolute atomic E-state index is 0.0749. The number of nitrogens with two attached hydrogens (primary N) is 1. The number of likely N-dealkylation sites (tertiary alicyclic amines) is 1. The van der Waals surface area contributed by atoms with Crippen LogP contribution in [0, 0.1) is 5.92 Å². The molecule has 0 unspecified atom stereocenters. The van der Waals surface area contributed by atoms with Gasteiger partial charge in [-0.15, -0.1) is 0 Å². The van der Waals surface area contributed by atoms with Crippen molar-refractivity contribution in [3.63, 3.8) is 0 Å². The van der Waals surface area contributed by atoms with E-state index in [9.17, 15) is 18.0 Å². The maximum atomic E-state index is 13.3. The SMILES string of the molecule is CC(C)(NC(=O)N1CC[C@@]2(CCn3nc(-c4cnc(N)c(C(F)(F)F)c4)cc32)C1)C1CCOCC1. The van der Waals surface area contributed by atoms with Gasteiger partial charge in [-0.2, -0.15) is 18.3 Å². The molecule has 5 rings (SSSR count). The third-order valence-electron chi connectivity index (χ3n) is 7.96. The molecule has 1 spiro atoms. The number of carbonyl (C=O) groups is 1. The van der Waals surface area contributed by atoms with Crippen LogP contribution < -0.4 is 11.1 Å². The monoisotopic (exact) mass is 492 g/mol. The van der Waals surface area contributed by atoms with Crippen LogP contribution in [-0.2, 0) is 22.9 Å². The Labute approximate surface area is 202 Å². The number of aryl methyl sites for hydroxylation is 1. The highest BCUT2D eigenvalue weighted by atomic mass is 19.4. The molecule has 190 valence electrons. The number of ether oxygens (including phenoxy) is 1. The second-order valence-electron chi connectivity index (χ2n) is 10.5. The van der Waals surface area contributed by atoms with Crippen LogP contribution in [0.3, 0.4) is 0 Å². The van der Waals surface area contributed by atoms with Gasteiger partial charge >= 0.3 is 12.2 Å². The first kappa shape index (κ1) is 23.9. The summed E-state index contributed by atoms with van der Waals surface area (Å²) >= 11 is 0. The number of pyridine rings is 1. The maximum Gasteiger partial charge on any atom is 0.419 e. The molecule has 2 aromatic rings. The van der Waals surface area contributed by atoms with Crippen LogP contribution >= 0.6 is 0 Å². The highest BCUT2D eigenvalue weighted by Crippen LogP contribution is 2.44. The standard InChI is InChI=1S/C24H31F3N6O2/c1-22(2,16-3-9-35-10-4-16)30-21(34)32-7-5-23(14-32)6-8-33-19(23)12-18(31-33)15-11-17(24(25,26)27)20(28)29-13-15/h11-13,16H,3-10,14H2,1-2H3,(H2,28,29)(H,30,34)/t23-/m1/s1. The molecule has 0 aliphatic carbocycles. The van der Waals surface area contributed by atoms with E-state index in [0.717, 1.165) is 50.7 Å². The van der Waals surface area contributed by atoms with Gasteiger partial charge in [0.2, 0.25) is 0 Å². The van der Waals surface area contributed by atoms with Gasteiger partial charge in [-0.05, 0) is 57.6 Å². The fraction of sp³-hybridized carbons (Fsp3) is 0.625. The van der Waals surface area contributed by atoms with E-state index in [2.05, 4.69) is 29.2 Å². The molecule has 1 atom stereocenters. The Morgan fingerprint density at radius 3 is 2.63 bits per heavy atom. The van der Waals surface area contributed by atoms with E-state index in [-0.39, 0.29) is 22.5 Å². The predicted molar refractivity (Wildman–Crippen MR) is 124 cm³/mol. The van der Waals surface area contributed by atoms with E-state index >= 15 is 0 Å². The zero-order valence-electron chi connectivity index (χ0n) is 20.0. The number of hydrogen-bond donors (Lipinski definition) is 2. The normalized spacial score (nSPS) is 23.2. The van der Waals surface area contributed by atoms with Crippen molar-refractivity contribution in [2.45, 2.75) is 63.2 Å². The fourth-order valence-corrected chi connectivity index (χ4v) is 5.78. The lowest BCUT2D eigenvalue weighted by Crippen LogP contribution is -2.54. The summed E-state index contributed by atoms with van der Waals surface area (Å²) in [6.45, 7) is 7.42. The zero-order valence-corrected chi connectivity index (χ0v) is 20.0. The average molecular weight is 493 g/mol. The molecule has 0 aromatic carbocycles. The van der Waals surface area contributed by atoms with E-state index in [0.29, 0.717) is 31.2 Å². The van der Waals surface area contributed by atoms with E-state index < -0.39 is 17.6 Å². The zero-order chi connectivity index (χ0) is 25.0. The van der Waals surface area contributed by atoms with Crippen LogP contribution in [0.15, 0.2) is 18.3 Å². The molecule has 0 radical (unpaired) electrons. The van der Waals surface area contributed by atoms with Gasteiger partial charge in [-0.3, -0.25) is 4.68 Å². The molecular weight excluding hydrogens is 461 g/mol. The molecule has 3 aliphatic heterocycles. The summed E-state index contributed by atoms with van der Waals surface area (Å²) in [7, 11) is 0.